The van der Waals surface area contributed by atoms with Crippen LogP contribution in [0.15, 0.2) is 48.5 Å². The summed E-state index contributed by atoms with van der Waals surface area (Å²) < 4.78 is 17.5. The van der Waals surface area contributed by atoms with Crippen LogP contribution in [0.3, 0.4) is 0 Å². The van der Waals surface area contributed by atoms with Crippen molar-refractivity contribution in [1.82, 2.24) is 14.6 Å². The fourth-order valence-corrected chi connectivity index (χ4v) is 4.21. The molecule has 0 aliphatic rings. The molecule has 190 valence electrons. The predicted octanol–water partition coefficient (Wildman–Crippen LogP) is 3.36. The highest BCUT2D eigenvalue weighted by atomic mass is 32.1. The molecule has 0 aliphatic heterocycles. The minimum absolute atomic E-state index is 0.0130. The average molecular weight is 514 g/mol. The number of anilines is 1. The number of hydrogen-bond acceptors (Lipinski definition) is 7. The molecule has 1 unspecified atom stereocenters. The number of phenols is 1. The van der Waals surface area contributed by atoms with Crippen LogP contribution in [0.25, 0.3) is 0 Å². The highest BCUT2D eigenvalue weighted by molar-refractivity contribution is 7.09. The number of benzene rings is 2. The van der Waals surface area contributed by atoms with Crippen molar-refractivity contribution in [3.8, 4) is 5.75 Å². The van der Waals surface area contributed by atoms with Gasteiger partial charge >= 0.3 is 0 Å². The SMILES string of the molecule is CCC(C)(C)NC(=O)C(c1ccc(O)cc1)N(Cc1ccc(F)cc1)C(=O)c1snc(C(N)=O)c1N. The number of amides is 3. The second-order valence-corrected chi connectivity index (χ2v) is 9.69. The van der Waals surface area contributed by atoms with Gasteiger partial charge in [0.1, 0.15) is 22.5 Å². The number of aromatic nitrogens is 1. The van der Waals surface area contributed by atoms with Crippen molar-refractivity contribution >= 4 is 34.9 Å². The molecule has 11 heteroatoms. The van der Waals surface area contributed by atoms with Crippen molar-refractivity contribution in [3.63, 3.8) is 0 Å². The van der Waals surface area contributed by atoms with E-state index in [2.05, 4.69) is 9.69 Å². The third kappa shape index (κ3) is 5.98. The van der Waals surface area contributed by atoms with E-state index in [0.29, 0.717) is 29.1 Å². The van der Waals surface area contributed by atoms with Crippen molar-refractivity contribution in [2.24, 2.45) is 5.73 Å². The molecule has 9 nitrogen and oxygen atoms in total. The Morgan fingerprint density at radius 2 is 1.75 bits per heavy atom. The van der Waals surface area contributed by atoms with Gasteiger partial charge in [0.2, 0.25) is 5.91 Å². The van der Waals surface area contributed by atoms with Gasteiger partial charge in [-0.25, -0.2) is 4.39 Å². The van der Waals surface area contributed by atoms with E-state index in [9.17, 15) is 23.9 Å². The van der Waals surface area contributed by atoms with Crippen molar-refractivity contribution < 1.29 is 23.9 Å². The van der Waals surface area contributed by atoms with E-state index in [4.69, 9.17) is 11.5 Å². The number of carbonyl (C=O) groups is 3. The summed E-state index contributed by atoms with van der Waals surface area (Å²) in [7, 11) is 0. The Morgan fingerprint density at radius 3 is 2.28 bits per heavy atom. The van der Waals surface area contributed by atoms with E-state index < -0.39 is 35.1 Å². The molecule has 2 aromatic carbocycles. The lowest BCUT2D eigenvalue weighted by Gasteiger charge is -2.34. The molecule has 3 rings (SSSR count). The van der Waals surface area contributed by atoms with Gasteiger partial charge in [-0.15, -0.1) is 0 Å². The van der Waals surface area contributed by atoms with Crippen molar-refractivity contribution in [2.45, 2.75) is 45.3 Å². The van der Waals surface area contributed by atoms with Crippen molar-refractivity contribution in [3.05, 3.63) is 76.0 Å². The number of rotatable bonds is 9. The molecule has 0 saturated heterocycles. The lowest BCUT2D eigenvalue weighted by Crippen LogP contribution is -2.50. The fraction of sp³-hybridized carbons (Fsp3) is 0.280. The van der Waals surface area contributed by atoms with Gasteiger partial charge in [-0.3, -0.25) is 14.4 Å². The van der Waals surface area contributed by atoms with Crippen LogP contribution in [0.5, 0.6) is 5.75 Å². The van der Waals surface area contributed by atoms with Crippen LogP contribution in [-0.4, -0.2) is 37.6 Å². The maximum Gasteiger partial charge on any atom is 0.270 e. The second kappa shape index (κ2) is 10.7. The lowest BCUT2D eigenvalue weighted by molar-refractivity contribution is -0.127. The van der Waals surface area contributed by atoms with E-state index in [-0.39, 0.29) is 28.6 Å². The first-order chi connectivity index (χ1) is 16.9. The number of phenolic OH excluding ortho intramolecular Hbond substituents is 1. The number of halogens is 1. The zero-order valence-electron chi connectivity index (χ0n) is 20.1. The molecule has 0 aliphatic carbocycles. The maximum atomic E-state index is 13.9. The number of nitrogens with two attached hydrogens (primary N) is 2. The summed E-state index contributed by atoms with van der Waals surface area (Å²) in [5.41, 5.74) is 11.3. The molecule has 36 heavy (non-hydrogen) atoms. The molecule has 0 fully saturated rings. The lowest BCUT2D eigenvalue weighted by atomic mass is 9.98. The third-order valence-electron chi connectivity index (χ3n) is 5.80. The smallest absolute Gasteiger partial charge is 0.270 e. The van der Waals surface area contributed by atoms with Gasteiger partial charge in [0.05, 0.1) is 5.69 Å². The molecule has 1 aromatic heterocycles. The Morgan fingerprint density at radius 1 is 1.14 bits per heavy atom. The predicted molar refractivity (Wildman–Crippen MR) is 135 cm³/mol. The first-order valence-electron chi connectivity index (χ1n) is 11.1. The number of nitrogens with one attached hydrogen (secondary N) is 1. The summed E-state index contributed by atoms with van der Waals surface area (Å²) in [6.45, 7) is 5.53. The van der Waals surface area contributed by atoms with E-state index >= 15 is 0 Å². The number of aromatic hydroxyl groups is 1. The molecule has 6 N–H and O–H groups in total. The van der Waals surface area contributed by atoms with E-state index in [1.807, 2.05) is 20.8 Å². The van der Waals surface area contributed by atoms with Crippen LogP contribution in [-0.2, 0) is 11.3 Å². The average Bonchev–Trinajstić information content (AvgIpc) is 3.22. The number of carbonyl (C=O) groups excluding carboxylic acids is 3. The Labute approximate surface area is 212 Å². The standard InChI is InChI=1S/C25H28FN5O4S/c1-4-25(2,3)29-23(34)20(15-7-11-17(32)12-8-15)31(13-14-5-9-16(26)10-6-14)24(35)21-18(27)19(22(28)33)30-36-21/h5-12,20,32H,4,13,27H2,1-3H3,(H2,28,33)(H,29,34). The van der Waals surface area contributed by atoms with E-state index in [1.165, 1.54) is 53.4 Å². The van der Waals surface area contributed by atoms with Crippen LogP contribution >= 0.6 is 11.5 Å². The first kappa shape index (κ1) is 26.6. The van der Waals surface area contributed by atoms with E-state index in [1.54, 1.807) is 0 Å². The molecular formula is C25H28FN5O4S. The zero-order valence-corrected chi connectivity index (χ0v) is 20.9. The summed E-state index contributed by atoms with van der Waals surface area (Å²) in [5, 5.41) is 12.8. The summed E-state index contributed by atoms with van der Waals surface area (Å²) in [4.78, 5) is 40.4. The van der Waals surface area contributed by atoms with Gasteiger partial charge in [-0.2, -0.15) is 4.37 Å². The van der Waals surface area contributed by atoms with Crippen LogP contribution in [0.4, 0.5) is 10.1 Å². The second-order valence-electron chi connectivity index (χ2n) is 8.92. The minimum Gasteiger partial charge on any atom is -0.508 e. The number of nitrogens with zero attached hydrogens (tertiary/aromatic N) is 2. The van der Waals surface area contributed by atoms with Crippen molar-refractivity contribution in [2.75, 3.05) is 5.73 Å². The Hall–Kier alpha value is -3.99. The first-order valence-corrected chi connectivity index (χ1v) is 11.9. The fourth-order valence-electron chi connectivity index (χ4n) is 3.45. The van der Waals surface area contributed by atoms with Gasteiger partial charge in [0, 0.05) is 12.1 Å². The molecule has 0 bridgehead atoms. The monoisotopic (exact) mass is 513 g/mol. The molecule has 0 spiro atoms. The molecule has 1 heterocycles. The van der Waals surface area contributed by atoms with Crippen molar-refractivity contribution in [1.29, 1.82) is 0 Å². The quantitative estimate of drug-likeness (QED) is 0.344. The summed E-state index contributed by atoms with van der Waals surface area (Å²) >= 11 is 0.700. The van der Waals surface area contributed by atoms with Gasteiger partial charge in [0.15, 0.2) is 5.69 Å². The Balaban J connectivity index is 2.16. The topological polar surface area (TPSA) is 152 Å². The number of nitrogen functional groups attached to an aromatic ring is 1. The highest BCUT2D eigenvalue weighted by Crippen LogP contribution is 2.31. The van der Waals surface area contributed by atoms with Gasteiger partial charge in [-0.1, -0.05) is 31.2 Å². The van der Waals surface area contributed by atoms with Crippen LogP contribution in [0.1, 0.15) is 64.5 Å². The van der Waals surface area contributed by atoms with Gasteiger partial charge in [0.25, 0.3) is 11.8 Å². The molecule has 3 amide bonds. The molecule has 1 atom stereocenters. The number of hydrogen-bond donors (Lipinski definition) is 4. The summed E-state index contributed by atoms with van der Waals surface area (Å²) in [6, 6.07) is 10.2. The normalized spacial score (nSPS) is 12.1. The minimum atomic E-state index is -1.16. The van der Waals surface area contributed by atoms with Gasteiger partial charge < -0.3 is 26.8 Å². The van der Waals surface area contributed by atoms with Crippen LogP contribution < -0.4 is 16.8 Å². The van der Waals surface area contributed by atoms with Crippen LogP contribution in [0, 0.1) is 5.82 Å². The highest BCUT2D eigenvalue weighted by Gasteiger charge is 2.36. The molecule has 0 radical (unpaired) electrons. The molecular weight excluding hydrogens is 485 g/mol. The Bertz CT molecular complexity index is 1260. The third-order valence-corrected chi connectivity index (χ3v) is 6.65. The van der Waals surface area contributed by atoms with E-state index in [0.717, 1.165) is 0 Å². The van der Waals surface area contributed by atoms with Crippen LogP contribution in [0.2, 0.25) is 0 Å². The van der Waals surface area contributed by atoms with Gasteiger partial charge in [-0.05, 0) is 67.2 Å². The molecule has 0 saturated carbocycles. The summed E-state index contributed by atoms with van der Waals surface area (Å²) in [5.74, 6) is -2.48. The zero-order chi connectivity index (χ0) is 26.6. The molecule has 3 aromatic rings. The maximum absolute atomic E-state index is 13.9. The summed E-state index contributed by atoms with van der Waals surface area (Å²) in [6.07, 6.45) is 0.622. The largest absolute Gasteiger partial charge is 0.508 e. The Kier molecular flexibility index (Phi) is 7.93. The number of primary amides is 1.